The number of aliphatic hydroxyl groups excluding tert-OH is 1. The molecule has 1 aromatic rings. The zero-order valence-corrected chi connectivity index (χ0v) is 26.7. The number of hydrogen-bond acceptors (Lipinski definition) is 8. The van der Waals surface area contributed by atoms with Crippen molar-refractivity contribution in [2.24, 2.45) is 5.92 Å². The summed E-state index contributed by atoms with van der Waals surface area (Å²) in [6.07, 6.45) is -1.39. The lowest BCUT2D eigenvalue weighted by atomic mass is 9.90. The van der Waals surface area contributed by atoms with E-state index in [9.17, 15) is 19.5 Å². The van der Waals surface area contributed by atoms with Gasteiger partial charge in [0, 0.05) is 11.8 Å². The minimum Gasteiger partial charge on any atom is -0.414 e. The Bertz CT molecular complexity index is 1120. The van der Waals surface area contributed by atoms with Crippen LogP contribution in [0, 0.1) is 5.92 Å². The molecule has 0 radical (unpaired) electrons. The van der Waals surface area contributed by atoms with Gasteiger partial charge in [0.05, 0.1) is 6.61 Å². The Labute approximate surface area is 239 Å². The molecule has 0 saturated carbocycles. The summed E-state index contributed by atoms with van der Waals surface area (Å²) in [4.78, 5) is 40.7. The monoisotopic (exact) mass is 589 g/mol. The Morgan fingerprint density at radius 2 is 1.50 bits per heavy atom. The topological polar surface area (TPSA) is 112 Å². The lowest BCUT2D eigenvalue weighted by Crippen LogP contribution is -2.66. The van der Waals surface area contributed by atoms with Crippen molar-refractivity contribution in [3.63, 3.8) is 0 Å². The molecule has 0 aromatic heterocycles. The van der Waals surface area contributed by atoms with Crippen molar-refractivity contribution in [1.29, 1.82) is 0 Å². The number of nitrogens with zero attached hydrogens (tertiary/aromatic N) is 1. The van der Waals surface area contributed by atoms with E-state index < -0.39 is 65.1 Å². The smallest absolute Gasteiger partial charge is 0.335 e. The average Bonchev–Trinajstić information content (AvgIpc) is 3.17. The molecular weight excluding hydrogens is 546 g/mol. The van der Waals surface area contributed by atoms with Crippen LogP contribution in [-0.4, -0.2) is 75.7 Å². The molecule has 3 heterocycles. The largest absolute Gasteiger partial charge is 0.414 e. The number of allylic oxidation sites excluding steroid dienone is 1. The van der Waals surface area contributed by atoms with E-state index in [1.54, 1.807) is 30.3 Å². The minimum atomic E-state index is -3.02. The number of rotatable bonds is 7. The number of hydrogen-bond donors (Lipinski definition) is 1. The van der Waals surface area contributed by atoms with Crippen LogP contribution in [0.25, 0.3) is 0 Å². The van der Waals surface area contributed by atoms with Crippen molar-refractivity contribution >= 4 is 34.6 Å². The van der Waals surface area contributed by atoms with Gasteiger partial charge in [0.1, 0.15) is 18.3 Å². The third-order valence-corrected chi connectivity index (χ3v) is 18.7. The second-order valence-corrected chi connectivity index (χ2v) is 21.1. The maximum atomic E-state index is 13.6. The van der Waals surface area contributed by atoms with Crippen molar-refractivity contribution in [3.8, 4) is 0 Å². The van der Waals surface area contributed by atoms with E-state index >= 15 is 0 Å². The molecule has 0 bridgehead atoms. The van der Waals surface area contributed by atoms with Crippen LogP contribution in [0.4, 0.5) is 0 Å². The second kappa shape index (κ2) is 11.7. The third-order valence-electron chi connectivity index (χ3n) is 8.42. The van der Waals surface area contributed by atoms with Crippen molar-refractivity contribution in [2.75, 3.05) is 6.61 Å². The zero-order valence-electron chi connectivity index (χ0n) is 24.7. The van der Waals surface area contributed by atoms with Crippen LogP contribution in [-0.2, 0) is 27.3 Å². The first kappa shape index (κ1) is 31.0. The highest BCUT2D eigenvalue weighted by molar-refractivity contribution is 6.84. The van der Waals surface area contributed by atoms with E-state index in [0.29, 0.717) is 0 Å². The third kappa shape index (κ3) is 5.21. The van der Waals surface area contributed by atoms with E-state index in [0.717, 1.165) is 4.90 Å². The number of amides is 1. The Hall–Kier alpha value is -2.00. The Balaban J connectivity index is 1.69. The van der Waals surface area contributed by atoms with Gasteiger partial charge in [0.15, 0.2) is 23.7 Å². The summed E-state index contributed by atoms with van der Waals surface area (Å²) in [5.41, 5.74) is 0.643. The molecule has 40 heavy (non-hydrogen) atoms. The summed E-state index contributed by atoms with van der Waals surface area (Å²) in [5.74, 6) is -3.47. The van der Waals surface area contributed by atoms with Crippen LogP contribution in [0.2, 0.25) is 22.2 Å². The summed E-state index contributed by atoms with van der Waals surface area (Å²) in [6.45, 7) is 17.0. The van der Waals surface area contributed by atoms with Crippen LogP contribution in [0.1, 0.15) is 65.7 Å². The van der Waals surface area contributed by atoms with Crippen LogP contribution in [0.3, 0.4) is 0 Å². The first-order valence-electron chi connectivity index (χ1n) is 14.3. The molecule has 3 aliphatic rings. The van der Waals surface area contributed by atoms with Gasteiger partial charge in [-0.15, -0.1) is 0 Å². The number of fused-ring (bicyclic) bond motifs is 1. The van der Waals surface area contributed by atoms with Gasteiger partial charge in [-0.05, 0) is 28.2 Å². The number of ether oxygens (including phenoxy) is 1. The van der Waals surface area contributed by atoms with E-state index in [4.69, 9.17) is 17.7 Å². The summed E-state index contributed by atoms with van der Waals surface area (Å²) in [7, 11) is -5.84. The fraction of sp³-hybridized carbons (Fsp3) is 0.621. The van der Waals surface area contributed by atoms with Crippen molar-refractivity contribution in [3.05, 3.63) is 48.2 Å². The van der Waals surface area contributed by atoms with Gasteiger partial charge in [-0.3, -0.25) is 19.3 Å². The van der Waals surface area contributed by atoms with Gasteiger partial charge in [-0.2, -0.15) is 0 Å². The maximum Gasteiger partial charge on any atom is 0.335 e. The fourth-order valence-corrected chi connectivity index (χ4v) is 17.4. The van der Waals surface area contributed by atoms with Crippen molar-refractivity contribution in [1.82, 2.24) is 4.90 Å². The van der Waals surface area contributed by atoms with Crippen molar-refractivity contribution in [2.45, 2.75) is 102 Å². The normalized spacial score (nSPS) is 30.2. The number of benzene rings is 1. The number of aliphatic hydroxyl groups is 1. The Morgan fingerprint density at radius 1 is 0.925 bits per heavy atom. The summed E-state index contributed by atoms with van der Waals surface area (Å²) in [5, 5.41) is 11.6. The highest BCUT2D eigenvalue weighted by atomic mass is 28.5. The van der Waals surface area contributed by atoms with Gasteiger partial charge in [0.25, 0.3) is 0 Å². The van der Waals surface area contributed by atoms with E-state index in [-0.39, 0.29) is 34.3 Å². The lowest BCUT2D eigenvalue weighted by molar-refractivity contribution is -0.151. The first-order chi connectivity index (χ1) is 18.8. The van der Waals surface area contributed by atoms with Crippen molar-refractivity contribution < 1.29 is 37.2 Å². The van der Waals surface area contributed by atoms with Gasteiger partial charge in [-0.1, -0.05) is 85.7 Å². The van der Waals surface area contributed by atoms with Crippen LogP contribution in [0.5, 0.6) is 0 Å². The molecule has 9 nitrogen and oxygen atoms in total. The molecule has 2 saturated heterocycles. The van der Waals surface area contributed by atoms with E-state index in [1.807, 2.05) is 0 Å². The summed E-state index contributed by atoms with van der Waals surface area (Å²) in [6, 6.07) is 8.25. The van der Waals surface area contributed by atoms with Gasteiger partial charge in [-0.25, -0.2) is 0 Å². The maximum absolute atomic E-state index is 13.6. The number of ketones is 2. The number of carbonyl (C=O) groups is 3. The van der Waals surface area contributed by atoms with Crippen LogP contribution < -0.4 is 0 Å². The average molecular weight is 590 g/mol. The molecule has 2 fully saturated rings. The highest BCUT2D eigenvalue weighted by Gasteiger charge is 2.62. The quantitative estimate of drug-likeness (QED) is 0.282. The predicted octanol–water partition coefficient (Wildman–Crippen LogP) is 4.45. The second-order valence-electron chi connectivity index (χ2n) is 12.2. The Morgan fingerprint density at radius 3 is 2.05 bits per heavy atom. The zero-order chi connectivity index (χ0) is 29.6. The number of Topliss-reactive ketones (excluding diaryl/α,β-unsaturated/α-hetero) is 1. The van der Waals surface area contributed by atoms with E-state index in [1.165, 1.54) is 12.3 Å². The molecule has 1 unspecified atom stereocenters. The molecule has 5 atom stereocenters. The molecule has 4 rings (SSSR count). The van der Waals surface area contributed by atoms with Gasteiger partial charge >= 0.3 is 17.1 Å². The minimum absolute atomic E-state index is 0.0486. The molecule has 0 spiro atoms. The summed E-state index contributed by atoms with van der Waals surface area (Å²) >= 11 is 0. The van der Waals surface area contributed by atoms with Gasteiger partial charge < -0.3 is 22.8 Å². The molecule has 220 valence electrons. The molecule has 3 aliphatic heterocycles. The fourth-order valence-electron chi connectivity index (χ4n) is 6.18. The summed E-state index contributed by atoms with van der Waals surface area (Å²) < 4.78 is 27.1. The Kier molecular flexibility index (Phi) is 9.06. The van der Waals surface area contributed by atoms with E-state index in [2.05, 4.69) is 55.4 Å². The SMILES string of the molecule is CC(C)[Si]1(C(C)C)OC[C@H]2O[C@@H](N3C=CC(=O)C(C(=O)c4ccccc4)C3=O)[C@H](O)[C@@H]2O[Si](C(C)C)(C(C)C)O1. The van der Waals surface area contributed by atoms with Crippen LogP contribution in [0.15, 0.2) is 42.6 Å². The molecular formula is C29H43NO8Si2. The standard InChI is InChI=1S/C29H43NO8Si2/c1-17(2)39(18(3)4)35-16-23-27(37-40(38-39,19(5)6)20(7)8)26(33)29(36-23)30-15-14-22(31)24(28(30)34)25(32)21-12-10-9-11-13-21/h9-15,17-20,23-24,26-27,29,33H,16H2,1-8H3/t23-,24?,26-,27-,29-/m1/s1. The molecule has 1 amide bonds. The molecule has 11 heteroatoms. The van der Waals surface area contributed by atoms with Gasteiger partial charge in [0.2, 0.25) is 5.91 Å². The molecule has 1 N–H and O–H groups in total. The first-order valence-corrected chi connectivity index (χ1v) is 18.2. The predicted molar refractivity (Wildman–Crippen MR) is 154 cm³/mol. The highest BCUT2D eigenvalue weighted by Crippen LogP contribution is 2.47. The van der Waals surface area contributed by atoms with Crippen LogP contribution >= 0.6 is 0 Å². The molecule has 1 aromatic carbocycles. The number of carbonyl (C=O) groups excluding carboxylic acids is 3. The molecule has 0 aliphatic carbocycles. The lowest BCUT2D eigenvalue weighted by Gasteiger charge is -2.51.